The van der Waals surface area contributed by atoms with E-state index in [2.05, 4.69) is 39.9 Å². The number of aryl methyl sites for hydroxylation is 2. The highest BCUT2D eigenvalue weighted by molar-refractivity contribution is 5.97. The van der Waals surface area contributed by atoms with E-state index in [1.54, 1.807) is 7.11 Å². The number of unbranched alkanes of at least 4 members (excludes halogenated alkanes) is 1. The summed E-state index contributed by atoms with van der Waals surface area (Å²) < 4.78 is 11.7. The Morgan fingerprint density at radius 1 is 1.07 bits per heavy atom. The van der Waals surface area contributed by atoms with E-state index in [1.165, 1.54) is 0 Å². The summed E-state index contributed by atoms with van der Waals surface area (Å²) in [5, 5.41) is 3.10. The first-order valence-electron chi connectivity index (χ1n) is 10.3. The first-order valence-corrected chi connectivity index (χ1v) is 10.3. The van der Waals surface area contributed by atoms with E-state index in [0.29, 0.717) is 24.7 Å². The Morgan fingerprint density at radius 3 is 2.00 bits per heavy atom. The molecule has 0 unspecified atom stereocenters. The second-order valence-corrected chi connectivity index (χ2v) is 8.49. The topological polar surface area (TPSA) is 47.6 Å². The molecule has 1 rings (SSSR count). The summed E-state index contributed by atoms with van der Waals surface area (Å²) in [6, 6.07) is 3.97. The van der Waals surface area contributed by atoms with Crippen molar-refractivity contribution < 1.29 is 14.3 Å². The van der Waals surface area contributed by atoms with Gasteiger partial charge in [0.2, 0.25) is 0 Å². The van der Waals surface area contributed by atoms with Crippen molar-refractivity contribution in [2.45, 2.75) is 79.8 Å². The quantitative estimate of drug-likeness (QED) is 0.489. The average Bonchev–Trinajstić information content (AvgIpc) is 2.55. The van der Waals surface area contributed by atoms with Gasteiger partial charge in [-0.2, -0.15) is 0 Å². The maximum Gasteiger partial charge on any atom is 0.256 e. The molecular formula is C23H39NO3. The molecule has 0 heterocycles. The molecule has 0 aliphatic heterocycles. The lowest BCUT2D eigenvalue weighted by Gasteiger charge is -2.34. The third kappa shape index (κ3) is 6.84. The number of nitrogens with one attached hydrogen (secondary N) is 1. The fraction of sp³-hybridized carbons (Fsp3) is 0.696. The molecule has 0 saturated carbocycles. The molecule has 0 aliphatic carbocycles. The van der Waals surface area contributed by atoms with Crippen LogP contribution in [0.15, 0.2) is 12.1 Å². The Hall–Kier alpha value is -1.55. The molecule has 1 aromatic carbocycles. The van der Waals surface area contributed by atoms with Gasteiger partial charge in [0.05, 0.1) is 6.61 Å². The molecule has 154 valence electrons. The molecule has 4 nitrogen and oxygen atoms in total. The van der Waals surface area contributed by atoms with Gasteiger partial charge in [-0.3, -0.25) is 4.79 Å². The molecule has 0 fully saturated rings. The smallest absolute Gasteiger partial charge is 0.256 e. The van der Waals surface area contributed by atoms with Gasteiger partial charge in [-0.05, 0) is 68.2 Å². The monoisotopic (exact) mass is 377 g/mol. The van der Waals surface area contributed by atoms with Gasteiger partial charge >= 0.3 is 0 Å². The van der Waals surface area contributed by atoms with E-state index in [-0.39, 0.29) is 5.91 Å². The summed E-state index contributed by atoms with van der Waals surface area (Å²) in [5.41, 5.74) is 2.07. The van der Waals surface area contributed by atoms with Gasteiger partial charge in [0.15, 0.2) is 0 Å². The third-order valence-electron chi connectivity index (χ3n) is 4.74. The van der Waals surface area contributed by atoms with E-state index in [1.807, 2.05) is 26.0 Å². The molecule has 0 atom stereocenters. The average molecular weight is 378 g/mol. The van der Waals surface area contributed by atoms with Crippen molar-refractivity contribution in [2.75, 3.05) is 19.0 Å². The van der Waals surface area contributed by atoms with Crippen LogP contribution in [0.3, 0.4) is 0 Å². The Kier molecular flexibility index (Phi) is 9.31. The first-order chi connectivity index (χ1) is 12.6. The molecule has 0 radical (unpaired) electrons. The molecule has 4 heteroatoms. The number of ether oxygens (including phenoxy) is 2. The minimum atomic E-state index is -0.805. The van der Waals surface area contributed by atoms with Crippen LogP contribution in [0.4, 0.5) is 5.69 Å². The molecular weight excluding hydrogens is 338 g/mol. The zero-order valence-electron chi connectivity index (χ0n) is 18.6. The molecule has 1 aromatic rings. The number of methoxy groups -OCH3 is 1. The zero-order valence-corrected chi connectivity index (χ0v) is 18.6. The Labute approximate surface area is 166 Å². The number of carbonyl (C=O) groups excluding carboxylic acids is 1. The van der Waals surface area contributed by atoms with Crippen LogP contribution in [0.1, 0.15) is 71.4 Å². The number of rotatable bonds is 11. The lowest BCUT2D eigenvalue weighted by molar-refractivity contribution is -0.142. The maximum absolute atomic E-state index is 13.2. The Balaban J connectivity index is 3.04. The molecule has 0 aromatic heterocycles. The summed E-state index contributed by atoms with van der Waals surface area (Å²) in [7, 11) is 1.64. The van der Waals surface area contributed by atoms with E-state index < -0.39 is 5.60 Å². The SMILES string of the molecule is CCCCOc1c(C)cc(NC(=O)C(CC(C)C)(CC(C)C)OC)cc1C. The highest BCUT2D eigenvalue weighted by atomic mass is 16.5. The van der Waals surface area contributed by atoms with Crippen LogP contribution in [-0.2, 0) is 9.53 Å². The number of anilines is 1. The van der Waals surface area contributed by atoms with Gasteiger partial charge in [-0.1, -0.05) is 41.0 Å². The standard InChI is InChI=1S/C23H39NO3/c1-9-10-11-27-21-18(6)12-20(13-19(21)7)24-22(25)23(26-8,14-16(2)3)15-17(4)5/h12-13,16-17H,9-11,14-15H2,1-8H3,(H,24,25). The highest BCUT2D eigenvalue weighted by Crippen LogP contribution is 2.32. The van der Waals surface area contributed by atoms with Crippen LogP contribution in [0.25, 0.3) is 0 Å². The summed E-state index contributed by atoms with van der Waals surface area (Å²) in [4.78, 5) is 13.2. The van der Waals surface area contributed by atoms with Crippen molar-refractivity contribution in [3.8, 4) is 5.75 Å². The molecule has 1 N–H and O–H groups in total. The number of hydrogen-bond donors (Lipinski definition) is 1. The fourth-order valence-electron chi connectivity index (χ4n) is 3.66. The van der Waals surface area contributed by atoms with E-state index in [9.17, 15) is 4.79 Å². The van der Waals surface area contributed by atoms with Crippen molar-refractivity contribution in [1.82, 2.24) is 0 Å². The van der Waals surface area contributed by atoms with Crippen LogP contribution in [0, 0.1) is 25.7 Å². The van der Waals surface area contributed by atoms with Gasteiger partial charge in [-0.15, -0.1) is 0 Å². The van der Waals surface area contributed by atoms with Crippen LogP contribution in [0.2, 0.25) is 0 Å². The van der Waals surface area contributed by atoms with Gasteiger partial charge < -0.3 is 14.8 Å². The molecule has 0 aliphatic rings. The number of benzene rings is 1. The maximum atomic E-state index is 13.2. The van der Waals surface area contributed by atoms with Crippen LogP contribution >= 0.6 is 0 Å². The second kappa shape index (κ2) is 10.7. The normalized spacial score (nSPS) is 11.9. The summed E-state index contributed by atoms with van der Waals surface area (Å²) in [6.45, 7) is 15.4. The fourth-order valence-corrected chi connectivity index (χ4v) is 3.66. The summed E-state index contributed by atoms with van der Waals surface area (Å²) in [5.74, 6) is 1.59. The minimum absolute atomic E-state index is 0.0640. The molecule has 1 amide bonds. The van der Waals surface area contributed by atoms with Crippen molar-refractivity contribution >= 4 is 11.6 Å². The van der Waals surface area contributed by atoms with Crippen molar-refractivity contribution in [3.63, 3.8) is 0 Å². The van der Waals surface area contributed by atoms with Crippen LogP contribution in [0.5, 0.6) is 5.75 Å². The second-order valence-electron chi connectivity index (χ2n) is 8.49. The van der Waals surface area contributed by atoms with E-state index >= 15 is 0 Å². The van der Waals surface area contributed by atoms with Gasteiger partial charge in [0, 0.05) is 12.8 Å². The van der Waals surface area contributed by atoms with Crippen LogP contribution < -0.4 is 10.1 Å². The summed E-state index contributed by atoms with van der Waals surface area (Å²) >= 11 is 0. The zero-order chi connectivity index (χ0) is 20.6. The lowest BCUT2D eigenvalue weighted by atomic mass is 9.84. The highest BCUT2D eigenvalue weighted by Gasteiger charge is 2.39. The van der Waals surface area contributed by atoms with Crippen LogP contribution in [-0.4, -0.2) is 25.2 Å². The lowest BCUT2D eigenvalue weighted by Crippen LogP contribution is -2.47. The predicted molar refractivity (Wildman–Crippen MR) is 114 cm³/mol. The van der Waals surface area contributed by atoms with Gasteiger partial charge in [0.25, 0.3) is 5.91 Å². The van der Waals surface area contributed by atoms with Crippen molar-refractivity contribution in [3.05, 3.63) is 23.3 Å². The Bertz CT molecular complexity index is 575. The third-order valence-corrected chi connectivity index (χ3v) is 4.74. The molecule has 0 spiro atoms. The molecule has 0 bridgehead atoms. The molecule has 27 heavy (non-hydrogen) atoms. The number of amides is 1. The summed E-state index contributed by atoms with van der Waals surface area (Å²) in [6.07, 6.45) is 3.54. The predicted octanol–water partition coefficient (Wildman–Crippen LogP) is 5.90. The van der Waals surface area contributed by atoms with E-state index in [0.717, 1.165) is 42.0 Å². The first kappa shape index (κ1) is 23.5. The Morgan fingerprint density at radius 2 is 1.59 bits per heavy atom. The van der Waals surface area contributed by atoms with Gasteiger partial charge in [-0.25, -0.2) is 0 Å². The molecule has 0 saturated heterocycles. The van der Waals surface area contributed by atoms with Crippen molar-refractivity contribution in [1.29, 1.82) is 0 Å². The number of carbonyl (C=O) groups is 1. The van der Waals surface area contributed by atoms with Gasteiger partial charge in [0.1, 0.15) is 11.4 Å². The van der Waals surface area contributed by atoms with Crippen molar-refractivity contribution in [2.24, 2.45) is 11.8 Å². The number of hydrogen-bond acceptors (Lipinski definition) is 3. The minimum Gasteiger partial charge on any atom is -0.493 e. The largest absolute Gasteiger partial charge is 0.493 e. The van der Waals surface area contributed by atoms with E-state index in [4.69, 9.17) is 9.47 Å².